The molecule has 2 rings (SSSR count). The van der Waals surface area contributed by atoms with Crippen molar-refractivity contribution in [2.24, 2.45) is 0 Å². The molecule has 0 spiro atoms. The summed E-state index contributed by atoms with van der Waals surface area (Å²) in [5, 5.41) is 18.0. The smallest absolute Gasteiger partial charge is 0.336 e. The number of aliphatic hydroxyl groups excluding tert-OH is 1. The molecule has 1 heterocycles. The fourth-order valence-electron chi connectivity index (χ4n) is 1.46. The Morgan fingerprint density at radius 3 is 2.88 bits per heavy atom. The Kier molecular flexibility index (Phi) is 4.71. The van der Waals surface area contributed by atoms with Gasteiger partial charge in [0, 0.05) is 38.3 Å². The van der Waals surface area contributed by atoms with Gasteiger partial charge in [0.1, 0.15) is 5.75 Å². The largest absolute Gasteiger partial charge is 0.657 e. The molecule has 6 heteroatoms. The van der Waals surface area contributed by atoms with E-state index in [1.54, 1.807) is 0 Å². The minimum Gasteiger partial charge on any atom is -0.657 e. The van der Waals surface area contributed by atoms with E-state index in [0.29, 0.717) is 11.5 Å². The molecule has 0 saturated heterocycles. The van der Waals surface area contributed by atoms with Crippen molar-refractivity contribution in [3.63, 3.8) is 0 Å². The van der Waals surface area contributed by atoms with Gasteiger partial charge in [0.15, 0.2) is 5.75 Å². The van der Waals surface area contributed by atoms with Gasteiger partial charge in [-0.2, -0.15) is 0 Å². The molecule has 0 amide bonds. The summed E-state index contributed by atoms with van der Waals surface area (Å²) in [6, 6.07) is 2.89. The normalized spacial score (nSPS) is 12.8. The third-order valence-corrected chi connectivity index (χ3v) is 2.12. The number of fused-ring (bicyclic) bond motifs is 1. The van der Waals surface area contributed by atoms with Gasteiger partial charge in [0.2, 0.25) is 0 Å². The molecule has 0 bridgehead atoms. The molecule has 1 aliphatic heterocycles. The van der Waals surface area contributed by atoms with Crippen LogP contribution >= 0.6 is 0 Å². The number of benzene rings is 1. The Hall–Kier alpha value is -0.646. The molecule has 5 nitrogen and oxygen atoms in total. The second kappa shape index (κ2) is 5.61. The van der Waals surface area contributed by atoms with Gasteiger partial charge in [0.05, 0.1) is 12.2 Å². The Balaban J connectivity index is 0.00000128. The van der Waals surface area contributed by atoms with E-state index in [2.05, 4.69) is 0 Å². The van der Waals surface area contributed by atoms with E-state index in [1.165, 1.54) is 18.7 Å². The first-order valence-corrected chi connectivity index (χ1v) is 4.35. The van der Waals surface area contributed by atoms with Crippen molar-refractivity contribution in [2.45, 2.75) is 6.61 Å². The Labute approximate surface area is 117 Å². The number of rotatable bonds is 2. The molecule has 1 aromatic carbocycles. The van der Waals surface area contributed by atoms with Crippen LogP contribution in [0, 0.1) is 6.61 Å². The van der Waals surface area contributed by atoms with Crippen LogP contribution in [0.15, 0.2) is 12.1 Å². The van der Waals surface area contributed by atoms with Crippen LogP contribution in [-0.2, 0) is 39.3 Å². The minimum atomic E-state index is -1.10. The molecule has 16 heavy (non-hydrogen) atoms. The van der Waals surface area contributed by atoms with E-state index >= 15 is 0 Å². The number of ether oxygens (including phenoxy) is 2. The molecular formula is C10H9O5Y-. The number of aromatic carboxylic acids is 1. The first-order chi connectivity index (χ1) is 7.24. The maximum Gasteiger partial charge on any atom is 0.336 e. The van der Waals surface area contributed by atoms with Gasteiger partial charge in [0.25, 0.3) is 0 Å². The van der Waals surface area contributed by atoms with E-state index in [4.69, 9.17) is 19.7 Å². The number of hydrogen-bond acceptors (Lipinski definition) is 4. The third-order valence-electron chi connectivity index (χ3n) is 2.12. The van der Waals surface area contributed by atoms with Crippen molar-refractivity contribution in [3.05, 3.63) is 29.9 Å². The molecular weight excluding hydrogens is 289 g/mol. The zero-order valence-electron chi connectivity index (χ0n) is 8.34. The van der Waals surface area contributed by atoms with E-state index in [-0.39, 0.29) is 50.4 Å². The molecule has 0 aliphatic carbocycles. The molecule has 83 valence electrons. The van der Waals surface area contributed by atoms with Crippen LogP contribution in [0.1, 0.15) is 15.9 Å². The Morgan fingerprint density at radius 2 is 2.25 bits per heavy atom. The predicted octanol–water partition coefficient (Wildman–Crippen LogP) is 0.808. The van der Waals surface area contributed by atoms with Crippen LogP contribution in [-0.4, -0.2) is 22.8 Å². The van der Waals surface area contributed by atoms with Crippen molar-refractivity contribution >= 4 is 5.97 Å². The summed E-state index contributed by atoms with van der Waals surface area (Å²) in [5.74, 6) is -0.366. The summed E-state index contributed by atoms with van der Waals surface area (Å²) in [6.07, 6.45) is 0. The van der Waals surface area contributed by atoms with Crippen LogP contribution < -0.4 is 9.47 Å². The molecule has 0 unspecified atom stereocenters. The molecule has 0 fully saturated rings. The predicted molar refractivity (Wildman–Crippen MR) is 49.7 cm³/mol. The van der Waals surface area contributed by atoms with Crippen LogP contribution in [0.4, 0.5) is 0 Å². The monoisotopic (exact) mass is 298 g/mol. The minimum absolute atomic E-state index is 0. The fraction of sp³-hybridized carbons (Fsp3) is 0.200. The number of carboxylic acid groups (broad SMARTS) is 1. The fourth-order valence-corrected chi connectivity index (χ4v) is 1.46. The first-order valence-electron chi connectivity index (χ1n) is 4.35. The second-order valence-electron chi connectivity index (χ2n) is 2.98. The summed E-state index contributed by atoms with van der Waals surface area (Å²) >= 11 is 0. The molecule has 2 N–H and O–H groups in total. The summed E-state index contributed by atoms with van der Waals surface area (Å²) in [7, 11) is 0. The molecule has 1 aromatic rings. The summed E-state index contributed by atoms with van der Waals surface area (Å²) < 4.78 is 10.4. The summed E-state index contributed by atoms with van der Waals surface area (Å²) in [5.41, 5.74) is 0.273. The van der Waals surface area contributed by atoms with E-state index < -0.39 is 12.6 Å². The first kappa shape index (κ1) is 13.4. The van der Waals surface area contributed by atoms with E-state index in [9.17, 15) is 4.79 Å². The van der Waals surface area contributed by atoms with Gasteiger partial charge in [-0.3, -0.25) is 0 Å². The van der Waals surface area contributed by atoms with Gasteiger partial charge in [-0.05, 0) is 18.7 Å². The van der Waals surface area contributed by atoms with Gasteiger partial charge in [-0.25, -0.2) is 4.79 Å². The quantitative estimate of drug-likeness (QED) is 0.790. The summed E-state index contributed by atoms with van der Waals surface area (Å²) in [4.78, 5) is 10.9. The third kappa shape index (κ3) is 2.37. The topological polar surface area (TPSA) is 76.0 Å². The molecule has 1 radical (unpaired) electrons. The number of carbonyl (C=O) groups is 1. The number of hydrogen-bond donors (Lipinski definition) is 2. The van der Waals surface area contributed by atoms with E-state index in [1.807, 2.05) is 0 Å². The van der Waals surface area contributed by atoms with Crippen molar-refractivity contribution in [3.8, 4) is 11.5 Å². The second-order valence-corrected chi connectivity index (χ2v) is 2.98. The Bertz CT molecular complexity index is 404. The van der Waals surface area contributed by atoms with Crippen LogP contribution in [0.3, 0.4) is 0 Å². The maximum atomic E-state index is 10.9. The van der Waals surface area contributed by atoms with Gasteiger partial charge < -0.3 is 19.7 Å². The number of carboxylic acids is 1. The standard InChI is InChI=1S/C10H9O5.Y/c11-5-7-6(10(12)13)1-2-8-9(7)15-4-3-14-8;/h1-3,11H,4-5H2,(H,12,13);/q-1;. The van der Waals surface area contributed by atoms with Gasteiger partial charge >= 0.3 is 5.97 Å². The van der Waals surface area contributed by atoms with Gasteiger partial charge in [-0.15, -0.1) is 6.61 Å². The molecule has 0 atom stereocenters. The van der Waals surface area contributed by atoms with Crippen molar-refractivity contribution in [2.75, 3.05) is 6.61 Å². The van der Waals surface area contributed by atoms with E-state index in [0.717, 1.165) is 0 Å². The van der Waals surface area contributed by atoms with Crippen molar-refractivity contribution in [1.82, 2.24) is 0 Å². The van der Waals surface area contributed by atoms with Crippen molar-refractivity contribution in [1.29, 1.82) is 0 Å². The zero-order chi connectivity index (χ0) is 10.8. The van der Waals surface area contributed by atoms with Crippen LogP contribution in [0.2, 0.25) is 0 Å². The maximum absolute atomic E-state index is 10.9. The average molecular weight is 298 g/mol. The molecule has 1 aliphatic rings. The molecule has 0 saturated carbocycles. The number of aliphatic hydroxyl groups is 1. The van der Waals surface area contributed by atoms with Crippen LogP contribution in [0.25, 0.3) is 0 Å². The SMILES string of the molecule is O=C(O)c1ccc2c(c1CO)OC[CH-]O2.[Y]. The summed E-state index contributed by atoms with van der Waals surface area (Å²) in [6.45, 7) is 1.31. The molecule has 0 aromatic heterocycles. The van der Waals surface area contributed by atoms with Crippen molar-refractivity contribution < 1.29 is 57.2 Å². The van der Waals surface area contributed by atoms with Gasteiger partial charge in [-0.1, -0.05) is 0 Å². The van der Waals surface area contributed by atoms with Crippen LogP contribution in [0.5, 0.6) is 11.5 Å². The average Bonchev–Trinajstić information content (AvgIpc) is 2.27. The Morgan fingerprint density at radius 1 is 1.50 bits per heavy atom. The zero-order valence-corrected chi connectivity index (χ0v) is 11.2.